The predicted octanol–water partition coefficient (Wildman–Crippen LogP) is 2.84. The molecular formula is C22H29NO6. The molecule has 3 aliphatic rings. The molecule has 0 unspecified atom stereocenters. The van der Waals surface area contributed by atoms with Crippen LogP contribution in [0.3, 0.4) is 0 Å². The van der Waals surface area contributed by atoms with E-state index in [4.69, 9.17) is 19.6 Å². The zero-order valence-corrected chi connectivity index (χ0v) is 17.4. The Morgan fingerprint density at radius 3 is 2.38 bits per heavy atom. The van der Waals surface area contributed by atoms with E-state index in [2.05, 4.69) is 13.2 Å². The Labute approximate surface area is 171 Å². The molecule has 158 valence electrons. The van der Waals surface area contributed by atoms with Gasteiger partial charge in [0.05, 0.1) is 5.41 Å². The summed E-state index contributed by atoms with van der Waals surface area (Å²) in [5.41, 5.74) is -1.61. The first-order chi connectivity index (χ1) is 13.5. The maximum Gasteiger partial charge on any atom is 0.334 e. The van der Waals surface area contributed by atoms with Gasteiger partial charge < -0.3 is 19.6 Å². The number of hydrogen-bond acceptors (Lipinski definition) is 7. The van der Waals surface area contributed by atoms with Crippen LogP contribution in [0.2, 0.25) is 0 Å². The zero-order valence-electron chi connectivity index (χ0n) is 17.4. The second-order valence-electron chi connectivity index (χ2n) is 8.75. The van der Waals surface area contributed by atoms with E-state index >= 15 is 0 Å². The van der Waals surface area contributed by atoms with Gasteiger partial charge in [-0.15, -0.1) is 6.58 Å². The third kappa shape index (κ3) is 2.85. The van der Waals surface area contributed by atoms with Gasteiger partial charge in [-0.25, -0.2) is 4.79 Å². The minimum absolute atomic E-state index is 0.0297. The quantitative estimate of drug-likeness (QED) is 0.255. The molecule has 3 rings (SSSR count). The van der Waals surface area contributed by atoms with E-state index in [1.165, 1.54) is 20.1 Å². The van der Waals surface area contributed by atoms with Gasteiger partial charge in [-0.3, -0.25) is 9.59 Å². The van der Waals surface area contributed by atoms with Crippen LogP contribution in [0.25, 0.3) is 0 Å². The van der Waals surface area contributed by atoms with Crippen LogP contribution in [0.5, 0.6) is 0 Å². The molecule has 2 saturated carbocycles. The van der Waals surface area contributed by atoms with Crippen molar-refractivity contribution in [3.63, 3.8) is 0 Å². The fourth-order valence-electron chi connectivity index (χ4n) is 6.34. The van der Waals surface area contributed by atoms with E-state index in [1.807, 2.05) is 13.8 Å². The Bertz CT molecular complexity index is 790. The van der Waals surface area contributed by atoms with Crippen LogP contribution < -0.4 is 0 Å². The Morgan fingerprint density at radius 2 is 1.86 bits per heavy atom. The highest BCUT2D eigenvalue weighted by molar-refractivity contribution is 5.98. The van der Waals surface area contributed by atoms with Crippen LogP contribution in [0, 0.1) is 34.0 Å². The van der Waals surface area contributed by atoms with Crippen LogP contribution in [-0.4, -0.2) is 42.4 Å². The van der Waals surface area contributed by atoms with Crippen LogP contribution in [0.15, 0.2) is 24.8 Å². The second-order valence-corrected chi connectivity index (χ2v) is 8.75. The van der Waals surface area contributed by atoms with E-state index in [0.29, 0.717) is 12.8 Å². The lowest BCUT2D eigenvalue weighted by atomic mass is 9.56. The van der Waals surface area contributed by atoms with Gasteiger partial charge in [0.2, 0.25) is 0 Å². The van der Waals surface area contributed by atoms with Crippen molar-refractivity contribution in [2.45, 2.75) is 58.8 Å². The molecule has 0 spiro atoms. The number of carbonyl (C=O) groups is 3. The fraction of sp³-hybridized carbons (Fsp3) is 0.636. The summed E-state index contributed by atoms with van der Waals surface area (Å²) < 4.78 is 17.0. The number of nitrogens with one attached hydrogen (secondary N) is 1. The number of allylic oxidation sites excluding steroid dienone is 1. The van der Waals surface area contributed by atoms with Crippen LogP contribution >= 0.6 is 0 Å². The first kappa shape index (κ1) is 21.3. The van der Waals surface area contributed by atoms with Gasteiger partial charge in [-0.2, -0.15) is 0 Å². The van der Waals surface area contributed by atoms with Crippen molar-refractivity contribution in [3.8, 4) is 0 Å². The summed E-state index contributed by atoms with van der Waals surface area (Å²) in [5, 5.41) is 8.28. The topological polar surface area (TPSA) is 103 Å². The highest BCUT2D eigenvalue weighted by atomic mass is 16.6. The zero-order chi connectivity index (χ0) is 21.7. The van der Waals surface area contributed by atoms with Crippen LogP contribution in [-0.2, 0) is 28.6 Å². The molecule has 2 aliphatic carbocycles. The molecule has 0 aromatic rings. The molecule has 1 N–H and O–H groups in total. The maximum atomic E-state index is 12.4. The van der Waals surface area contributed by atoms with Gasteiger partial charge in [-0.05, 0) is 12.3 Å². The van der Waals surface area contributed by atoms with Gasteiger partial charge in [0.15, 0.2) is 0 Å². The minimum Gasteiger partial charge on any atom is -0.462 e. The lowest BCUT2D eigenvalue weighted by molar-refractivity contribution is -0.156. The highest BCUT2D eigenvalue weighted by Gasteiger charge is 2.70. The van der Waals surface area contributed by atoms with Gasteiger partial charge in [0.1, 0.15) is 18.3 Å². The Balaban J connectivity index is 2.23. The van der Waals surface area contributed by atoms with E-state index in [1.54, 1.807) is 6.08 Å². The van der Waals surface area contributed by atoms with Gasteiger partial charge in [0.25, 0.3) is 0 Å². The van der Waals surface area contributed by atoms with Crippen molar-refractivity contribution in [2.75, 3.05) is 0 Å². The average molecular weight is 403 g/mol. The summed E-state index contributed by atoms with van der Waals surface area (Å²) in [6, 6.07) is 0. The van der Waals surface area contributed by atoms with Crippen LogP contribution in [0.4, 0.5) is 0 Å². The average Bonchev–Trinajstić information content (AvgIpc) is 2.97. The number of esters is 3. The lowest BCUT2D eigenvalue weighted by Gasteiger charge is -2.47. The molecule has 0 amide bonds. The standard InChI is InChI=1S/C22H29NO6/c1-7-16-21(6)17(28-14(5)25)9-15(27-13(4)24)19(21)11(2)8-18-22(16,10-23)12(3)20(26)29-18/h7,10-11,15-19,23H,1,3,8-9H2,2,4-6H3/t11-,15+,16-,17+,18+,19-,21-,22+/m1/s1. The van der Waals surface area contributed by atoms with Crippen LogP contribution in [0.1, 0.15) is 40.5 Å². The number of rotatable bonds is 4. The van der Waals surface area contributed by atoms with Crippen molar-refractivity contribution in [1.82, 2.24) is 0 Å². The Kier molecular flexibility index (Phi) is 5.22. The molecule has 0 bridgehead atoms. The van der Waals surface area contributed by atoms with Gasteiger partial charge in [0, 0.05) is 49.3 Å². The monoisotopic (exact) mass is 403 g/mol. The van der Waals surface area contributed by atoms with E-state index in [0.717, 1.165) is 0 Å². The number of fused-ring (bicyclic) bond motifs is 2. The summed E-state index contributed by atoms with van der Waals surface area (Å²) in [6.45, 7) is 14.7. The molecule has 7 heteroatoms. The molecule has 8 atom stereocenters. The van der Waals surface area contributed by atoms with E-state index in [-0.39, 0.29) is 17.4 Å². The maximum absolute atomic E-state index is 12.4. The smallest absolute Gasteiger partial charge is 0.334 e. The molecule has 3 fully saturated rings. The van der Waals surface area contributed by atoms with Crippen molar-refractivity contribution >= 4 is 24.1 Å². The molecule has 1 heterocycles. The van der Waals surface area contributed by atoms with Gasteiger partial charge >= 0.3 is 17.9 Å². The summed E-state index contributed by atoms with van der Waals surface area (Å²) in [5.74, 6) is -2.03. The summed E-state index contributed by atoms with van der Waals surface area (Å²) >= 11 is 0. The van der Waals surface area contributed by atoms with Crippen molar-refractivity contribution in [1.29, 1.82) is 5.41 Å². The summed E-state index contributed by atoms with van der Waals surface area (Å²) in [7, 11) is 0. The molecule has 29 heavy (non-hydrogen) atoms. The lowest BCUT2D eigenvalue weighted by Crippen LogP contribution is -2.51. The van der Waals surface area contributed by atoms with Gasteiger partial charge in [-0.1, -0.05) is 26.5 Å². The van der Waals surface area contributed by atoms with Crippen molar-refractivity contribution < 1.29 is 28.6 Å². The second kappa shape index (κ2) is 7.11. The summed E-state index contributed by atoms with van der Waals surface area (Å²) in [4.78, 5) is 36.1. The van der Waals surface area contributed by atoms with Crippen molar-refractivity contribution in [2.24, 2.45) is 28.6 Å². The first-order valence-electron chi connectivity index (χ1n) is 9.92. The van der Waals surface area contributed by atoms with Crippen molar-refractivity contribution in [3.05, 3.63) is 24.8 Å². The third-order valence-electron chi connectivity index (χ3n) is 7.29. The SMILES string of the molecule is C=C[C@H]1[C@]2(C=N)C(=C)C(=O)O[C@H]2C[C@@H](C)[C@@H]2[C@@H](OC(C)=O)C[C@H](OC(C)=O)[C@]21C. The largest absolute Gasteiger partial charge is 0.462 e. The Morgan fingerprint density at radius 1 is 1.24 bits per heavy atom. The molecule has 7 nitrogen and oxygen atoms in total. The molecule has 1 saturated heterocycles. The number of carbonyl (C=O) groups excluding carboxylic acids is 3. The normalized spacial score (nSPS) is 43.4. The highest BCUT2D eigenvalue weighted by Crippen LogP contribution is 2.65. The summed E-state index contributed by atoms with van der Waals surface area (Å²) in [6.07, 6.45) is 2.19. The fourth-order valence-corrected chi connectivity index (χ4v) is 6.34. The predicted molar refractivity (Wildman–Crippen MR) is 105 cm³/mol. The first-order valence-corrected chi connectivity index (χ1v) is 9.92. The van der Waals surface area contributed by atoms with E-state index < -0.39 is 53.0 Å². The Hall–Kier alpha value is -2.44. The molecule has 0 aromatic heterocycles. The molecular weight excluding hydrogens is 374 g/mol. The molecule has 0 aromatic carbocycles. The third-order valence-corrected chi connectivity index (χ3v) is 7.29. The number of hydrogen-bond donors (Lipinski definition) is 1. The van der Waals surface area contributed by atoms with E-state index in [9.17, 15) is 14.4 Å². The minimum atomic E-state index is -1.08. The number of ether oxygens (including phenoxy) is 3. The molecule has 0 radical (unpaired) electrons. The molecule has 1 aliphatic heterocycles.